The van der Waals surface area contributed by atoms with Crippen molar-refractivity contribution >= 4 is 22.9 Å². The minimum atomic E-state index is 0.533. The summed E-state index contributed by atoms with van der Waals surface area (Å²) in [5.74, 6) is 0. The molecule has 19 heavy (non-hydrogen) atoms. The van der Waals surface area contributed by atoms with Crippen molar-refractivity contribution in [1.29, 1.82) is 0 Å². The van der Waals surface area contributed by atoms with E-state index in [1.165, 1.54) is 0 Å². The molecule has 0 unspecified atom stereocenters. The predicted octanol–water partition coefficient (Wildman–Crippen LogP) is 2.52. The molecule has 0 spiro atoms. The first kappa shape index (κ1) is 12.0. The number of nitrogens with zero attached hydrogens (tertiary/aromatic N) is 4. The van der Waals surface area contributed by atoms with Gasteiger partial charge in [-0.1, -0.05) is 30.0 Å². The Morgan fingerprint density at radius 1 is 1.16 bits per heavy atom. The van der Waals surface area contributed by atoms with Crippen molar-refractivity contribution in [3.8, 4) is 6.01 Å². The molecule has 0 aliphatic rings. The normalized spacial score (nSPS) is 10.8. The van der Waals surface area contributed by atoms with Gasteiger partial charge in [-0.25, -0.2) is 9.97 Å². The molecule has 3 rings (SSSR count). The fourth-order valence-electron chi connectivity index (χ4n) is 1.82. The van der Waals surface area contributed by atoms with Crippen LogP contribution in [0.1, 0.15) is 0 Å². The van der Waals surface area contributed by atoms with Gasteiger partial charge in [-0.2, -0.15) is 4.98 Å². The Bertz CT molecular complexity index is 711. The third-order valence-electron chi connectivity index (χ3n) is 2.72. The van der Waals surface area contributed by atoms with Crippen LogP contribution in [-0.2, 0) is 7.05 Å². The minimum absolute atomic E-state index is 0.533. The molecule has 3 aromatic rings. The van der Waals surface area contributed by atoms with Crippen LogP contribution in [0.4, 0.5) is 0 Å². The zero-order chi connectivity index (χ0) is 13.2. The van der Waals surface area contributed by atoms with Gasteiger partial charge < -0.3 is 4.74 Å². The molecule has 2 heterocycles. The number of aryl methyl sites for hydroxylation is 1. The van der Waals surface area contributed by atoms with E-state index in [9.17, 15) is 0 Å². The van der Waals surface area contributed by atoms with E-state index in [0.29, 0.717) is 6.01 Å². The van der Waals surface area contributed by atoms with Gasteiger partial charge in [0, 0.05) is 11.9 Å². The Labute approximate surface area is 114 Å². The van der Waals surface area contributed by atoms with Crippen LogP contribution in [0, 0.1) is 0 Å². The van der Waals surface area contributed by atoms with Crippen LogP contribution in [0.25, 0.3) is 11.2 Å². The summed E-state index contributed by atoms with van der Waals surface area (Å²) in [5, 5.41) is 0.829. The molecule has 2 aromatic heterocycles. The van der Waals surface area contributed by atoms with Gasteiger partial charge in [0.15, 0.2) is 5.65 Å². The molecular formula is C13H12N4OS. The third kappa shape index (κ3) is 2.15. The Morgan fingerprint density at radius 2 is 1.95 bits per heavy atom. The van der Waals surface area contributed by atoms with Crippen molar-refractivity contribution in [1.82, 2.24) is 19.5 Å². The van der Waals surface area contributed by atoms with Crippen molar-refractivity contribution in [3.05, 3.63) is 36.7 Å². The van der Waals surface area contributed by atoms with Crippen LogP contribution in [0.2, 0.25) is 0 Å². The molecule has 0 atom stereocenters. The first-order valence-electron chi connectivity index (χ1n) is 5.74. The van der Waals surface area contributed by atoms with E-state index in [4.69, 9.17) is 4.74 Å². The van der Waals surface area contributed by atoms with Crippen LogP contribution in [0.5, 0.6) is 6.01 Å². The molecule has 0 saturated heterocycles. The van der Waals surface area contributed by atoms with Gasteiger partial charge >= 0.3 is 0 Å². The third-order valence-corrected chi connectivity index (χ3v) is 3.72. The molecule has 1 aromatic carbocycles. The Morgan fingerprint density at radius 3 is 2.68 bits per heavy atom. The summed E-state index contributed by atoms with van der Waals surface area (Å²) in [6.07, 6.45) is 1.55. The van der Waals surface area contributed by atoms with Crippen LogP contribution in [0.3, 0.4) is 0 Å². The summed E-state index contributed by atoms with van der Waals surface area (Å²) >= 11 is 1.57. The molecule has 0 radical (unpaired) electrons. The number of hydrogen-bond donors (Lipinski definition) is 0. The minimum Gasteiger partial charge on any atom is -0.468 e. The summed E-state index contributed by atoms with van der Waals surface area (Å²) in [6, 6.07) is 10.6. The summed E-state index contributed by atoms with van der Waals surface area (Å²) in [5.41, 5.74) is 1.53. The second-order valence-corrected chi connectivity index (χ2v) is 4.99. The highest BCUT2D eigenvalue weighted by Crippen LogP contribution is 2.31. The predicted molar refractivity (Wildman–Crippen MR) is 73.4 cm³/mol. The van der Waals surface area contributed by atoms with E-state index in [1.54, 1.807) is 25.2 Å². The summed E-state index contributed by atoms with van der Waals surface area (Å²) in [7, 11) is 3.47. The lowest BCUT2D eigenvalue weighted by atomic mass is 10.4. The largest absolute Gasteiger partial charge is 0.468 e. The zero-order valence-electron chi connectivity index (χ0n) is 10.6. The molecule has 0 saturated carbocycles. The highest BCUT2D eigenvalue weighted by Gasteiger charge is 2.14. The lowest BCUT2D eigenvalue weighted by Gasteiger charge is -2.00. The number of aromatic nitrogens is 4. The summed E-state index contributed by atoms with van der Waals surface area (Å²) in [6.45, 7) is 0. The van der Waals surface area contributed by atoms with E-state index in [0.717, 1.165) is 21.1 Å². The maximum atomic E-state index is 5.21. The quantitative estimate of drug-likeness (QED) is 0.686. The SMILES string of the molecule is COc1nc2c(Sc3ccccc3)ncnc2n1C. The lowest BCUT2D eigenvalue weighted by molar-refractivity contribution is 0.368. The van der Waals surface area contributed by atoms with E-state index in [2.05, 4.69) is 15.0 Å². The molecule has 0 aliphatic heterocycles. The lowest BCUT2D eigenvalue weighted by Crippen LogP contribution is -1.95. The summed E-state index contributed by atoms with van der Waals surface area (Å²) < 4.78 is 7.02. The van der Waals surface area contributed by atoms with Crippen LogP contribution in [-0.4, -0.2) is 26.6 Å². The second-order valence-electron chi connectivity index (χ2n) is 3.92. The molecular weight excluding hydrogens is 260 g/mol. The average Bonchev–Trinajstić information content (AvgIpc) is 2.78. The van der Waals surface area contributed by atoms with E-state index < -0.39 is 0 Å². The van der Waals surface area contributed by atoms with Crippen molar-refractivity contribution in [2.45, 2.75) is 9.92 Å². The monoisotopic (exact) mass is 272 g/mol. The van der Waals surface area contributed by atoms with E-state index >= 15 is 0 Å². The van der Waals surface area contributed by atoms with Crippen molar-refractivity contribution in [2.24, 2.45) is 7.05 Å². The standard InChI is InChI=1S/C13H12N4OS/c1-17-11-10(16-13(17)18-2)12(15-8-14-11)19-9-6-4-3-5-7-9/h3-8H,1-2H3. The van der Waals surface area contributed by atoms with Crippen molar-refractivity contribution < 1.29 is 4.74 Å². The second kappa shape index (κ2) is 4.89. The molecule has 0 N–H and O–H groups in total. The van der Waals surface area contributed by atoms with Gasteiger partial charge in [-0.3, -0.25) is 4.57 Å². The van der Waals surface area contributed by atoms with Gasteiger partial charge in [0.25, 0.3) is 6.01 Å². The maximum absolute atomic E-state index is 5.21. The maximum Gasteiger partial charge on any atom is 0.298 e. The number of rotatable bonds is 3. The van der Waals surface area contributed by atoms with Crippen molar-refractivity contribution in [3.63, 3.8) is 0 Å². The van der Waals surface area contributed by atoms with Crippen molar-refractivity contribution in [2.75, 3.05) is 7.11 Å². The van der Waals surface area contributed by atoms with Gasteiger partial charge in [-0.15, -0.1) is 0 Å². The smallest absolute Gasteiger partial charge is 0.298 e. The Hall–Kier alpha value is -2.08. The fraction of sp³-hybridized carbons (Fsp3) is 0.154. The van der Waals surface area contributed by atoms with Crippen LogP contribution in [0.15, 0.2) is 46.6 Å². The highest BCUT2D eigenvalue weighted by atomic mass is 32.2. The number of methoxy groups -OCH3 is 1. The zero-order valence-corrected chi connectivity index (χ0v) is 11.4. The number of imidazole rings is 1. The summed E-state index contributed by atoms with van der Waals surface area (Å²) in [4.78, 5) is 14.1. The molecule has 0 amide bonds. The highest BCUT2D eigenvalue weighted by molar-refractivity contribution is 7.99. The average molecular weight is 272 g/mol. The molecule has 5 nitrogen and oxygen atoms in total. The fourth-order valence-corrected chi connectivity index (χ4v) is 2.67. The topological polar surface area (TPSA) is 52.8 Å². The number of hydrogen-bond acceptors (Lipinski definition) is 5. The number of benzene rings is 1. The molecule has 0 fully saturated rings. The van der Waals surface area contributed by atoms with Crippen LogP contribution >= 0.6 is 11.8 Å². The number of fused-ring (bicyclic) bond motifs is 1. The van der Waals surface area contributed by atoms with Gasteiger partial charge in [-0.05, 0) is 12.1 Å². The van der Waals surface area contributed by atoms with Crippen LogP contribution < -0.4 is 4.74 Å². The van der Waals surface area contributed by atoms with Gasteiger partial charge in [0.1, 0.15) is 16.9 Å². The molecule has 96 valence electrons. The van der Waals surface area contributed by atoms with Gasteiger partial charge in [0.2, 0.25) is 0 Å². The molecule has 0 aliphatic carbocycles. The number of ether oxygens (including phenoxy) is 1. The first-order valence-corrected chi connectivity index (χ1v) is 6.55. The Balaban J connectivity index is 2.09. The first-order chi connectivity index (χ1) is 9.29. The van der Waals surface area contributed by atoms with Gasteiger partial charge in [0.05, 0.1) is 7.11 Å². The van der Waals surface area contributed by atoms with E-state index in [1.807, 2.05) is 41.9 Å². The Kier molecular flexibility index (Phi) is 3.08. The molecule has 0 bridgehead atoms. The molecule has 6 heteroatoms. The van der Waals surface area contributed by atoms with E-state index in [-0.39, 0.29) is 0 Å².